The third-order valence-corrected chi connectivity index (χ3v) is 5.44. The summed E-state index contributed by atoms with van der Waals surface area (Å²) in [6, 6.07) is 0. The second-order valence-corrected chi connectivity index (χ2v) is 7.73. The highest BCUT2D eigenvalue weighted by molar-refractivity contribution is 6.22. The summed E-state index contributed by atoms with van der Waals surface area (Å²) in [5, 5.41) is 0. The van der Waals surface area contributed by atoms with Gasteiger partial charge in [0, 0.05) is 18.0 Å². The number of carbonyl (C=O) groups excluding carboxylic acids is 2. The normalized spacial score (nSPS) is 23.3. The Balaban J connectivity index is 2.44. The highest BCUT2D eigenvalue weighted by Crippen LogP contribution is 2.41. The van der Waals surface area contributed by atoms with Crippen molar-refractivity contribution in [3.05, 3.63) is 46.8 Å². The maximum Gasteiger partial charge on any atom is 0.224 e. The van der Waals surface area contributed by atoms with Crippen LogP contribution in [0.3, 0.4) is 0 Å². The molecule has 0 spiro atoms. The van der Waals surface area contributed by atoms with E-state index in [1.165, 1.54) is 11.6 Å². The Labute approximate surface area is 163 Å². The average Bonchev–Trinajstić information content (AvgIpc) is 2.62. The van der Waals surface area contributed by atoms with Crippen molar-refractivity contribution in [2.75, 3.05) is 13.2 Å². The number of carbonyl (C=O) groups is 2. The smallest absolute Gasteiger partial charge is 0.224 e. The van der Waals surface area contributed by atoms with Gasteiger partial charge in [-0.3, -0.25) is 9.59 Å². The molecular formula is C23H33NO3. The maximum atomic E-state index is 13.1. The molecule has 0 saturated carbocycles. The molecule has 2 aliphatic rings. The molecule has 0 amide bonds. The number of Topliss-reactive ketones (excluding diaryl/α,β-unsaturated/α-hetero) is 1. The van der Waals surface area contributed by atoms with Crippen LogP contribution in [-0.2, 0) is 14.3 Å². The van der Waals surface area contributed by atoms with Crippen LogP contribution in [0.15, 0.2) is 46.8 Å². The van der Waals surface area contributed by atoms with Crippen LogP contribution in [0, 0.1) is 11.8 Å². The van der Waals surface area contributed by atoms with E-state index in [0.717, 1.165) is 37.7 Å². The predicted octanol–water partition coefficient (Wildman–Crippen LogP) is 4.42. The number of nitrogens with two attached hydrogens (primary N) is 1. The first-order chi connectivity index (χ1) is 12.9. The molecule has 0 heterocycles. The number of rotatable bonds is 9. The first-order valence-corrected chi connectivity index (χ1v) is 10.1. The van der Waals surface area contributed by atoms with Crippen molar-refractivity contribution in [2.45, 2.75) is 59.3 Å². The zero-order chi connectivity index (χ0) is 20.0. The maximum absolute atomic E-state index is 13.1. The van der Waals surface area contributed by atoms with Crippen LogP contribution in [0.25, 0.3) is 0 Å². The lowest BCUT2D eigenvalue weighted by Gasteiger charge is -2.33. The Bertz CT molecular complexity index is 696. The number of hydrogen-bond donors (Lipinski definition) is 1. The fraction of sp³-hybridized carbons (Fsp3) is 0.565. The minimum atomic E-state index is -0.158. The summed E-state index contributed by atoms with van der Waals surface area (Å²) in [4.78, 5) is 26.2. The van der Waals surface area contributed by atoms with E-state index in [1.54, 1.807) is 0 Å². The van der Waals surface area contributed by atoms with Crippen molar-refractivity contribution in [1.29, 1.82) is 0 Å². The highest BCUT2D eigenvalue weighted by Gasteiger charge is 2.38. The standard InChI is InChI=1S/C23H33NO3/c1-5-6-7-8-17-14-20(25)21(23(22(17)26)27-12-11-24)19-13-16(4)9-10-18(19)15(2)3/h13-14,18-19H,2,5-12,24H2,1,3-4H3/t18-,19?/m0/s1. The SMILES string of the molecule is C=C(C)[C@@H]1CCC(C)=CC1C1=C(OCCN)C(=O)C(CCCCC)=CC1=O. The van der Waals surface area contributed by atoms with Gasteiger partial charge in [0.25, 0.3) is 0 Å². The molecule has 148 valence electrons. The van der Waals surface area contributed by atoms with Gasteiger partial charge in [0.2, 0.25) is 5.78 Å². The molecule has 2 aliphatic carbocycles. The second kappa shape index (κ2) is 9.84. The summed E-state index contributed by atoms with van der Waals surface area (Å²) < 4.78 is 5.77. The van der Waals surface area contributed by atoms with Gasteiger partial charge in [-0.05, 0) is 51.5 Å². The molecule has 0 bridgehead atoms. The van der Waals surface area contributed by atoms with Crippen molar-refractivity contribution >= 4 is 11.6 Å². The Morgan fingerprint density at radius 3 is 2.70 bits per heavy atom. The minimum absolute atomic E-state index is 0.102. The van der Waals surface area contributed by atoms with Crippen molar-refractivity contribution in [3.63, 3.8) is 0 Å². The molecule has 2 atom stereocenters. The van der Waals surface area contributed by atoms with E-state index in [-0.39, 0.29) is 35.8 Å². The topological polar surface area (TPSA) is 69.4 Å². The van der Waals surface area contributed by atoms with Gasteiger partial charge in [-0.25, -0.2) is 0 Å². The van der Waals surface area contributed by atoms with Gasteiger partial charge in [0.05, 0.1) is 5.57 Å². The van der Waals surface area contributed by atoms with Gasteiger partial charge in [-0.1, -0.05) is 43.6 Å². The Hall–Kier alpha value is -1.94. The predicted molar refractivity (Wildman–Crippen MR) is 109 cm³/mol. The van der Waals surface area contributed by atoms with E-state index in [4.69, 9.17) is 10.5 Å². The summed E-state index contributed by atoms with van der Waals surface area (Å²) in [5.41, 5.74) is 8.92. The summed E-state index contributed by atoms with van der Waals surface area (Å²) in [7, 11) is 0. The van der Waals surface area contributed by atoms with E-state index in [1.807, 2.05) is 6.92 Å². The molecule has 0 aromatic rings. The minimum Gasteiger partial charge on any atom is -0.488 e. The lowest BCUT2D eigenvalue weighted by Crippen LogP contribution is -2.31. The van der Waals surface area contributed by atoms with Gasteiger partial charge in [-0.2, -0.15) is 0 Å². The zero-order valence-corrected chi connectivity index (χ0v) is 17.0. The molecule has 0 aromatic heterocycles. The van der Waals surface area contributed by atoms with E-state index in [0.29, 0.717) is 24.1 Å². The molecule has 0 fully saturated rings. The summed E-state index contributed by atoms with van der Waals surface area (Å²) >= 11 is 0. The van der Waals surface area contributed by atoms with Crippen molar-refractivity contribution in [1.82, 2.24) is 0 Å². The average molecular weight is 372 g/mol. The third kappa shape index (κ3) is 5.07. The summed E-state index contributed by atoms with van der Waals surface area (Å²) in [6.45, 7) is 10.8. The van der Waals surface area contributed by atoms with Crippen molar-refractivity contribution in [2.24, 2.45) is 17.6 Å². The number of ether oxygens (including phenoxy) is 1. The third-order valence-electron chi connectivity index (χ3n) is 5.44. The Morgan fingerprint density at radius 1 is 1.33 bits per heavy atom. The number of ketones is 2. The first-order valence-electron chi connectivity index (χ1n) is 10.1. The summed E-state index contributed by atoms with van der Waals surface area (Å²) in [6.07, 6.45) is 9.20. The fourth-order valence-corrected chi connectivity index (χ4v) is 3.96. The van der Waals surface area contributed by atoms with E-state index < -0.39 is 0 Å². The number of allylic oxidation sites excluding steroid dienone is 6. The monoisotopic (exact) mass is 371 g/mol. The molecule has 0 radical (unpaired) electrons. The molecule has 2 N–H and O–H groups in total. The Kier molecular flexibility index (Phi) is 7.78. The van der Waals surface area contributed by atoms with Crippen molar-refractivity contribution in [3.8, 4) is 0 Å². The summed E-state index contributed by atoms with van der Waals surface area (Å²) in [5.74, 6) is -0.0518. The van der Waals surface area contributed by atoms with Crippen LogP contribution in [0.4, 0.5) is 0 Å². The van der Waals surface area contributed by atoms with Crippen LogP contribution in [-0.4, -0.2) is 24.7 Å². The molecular weight excluding hydrogens is 338 g/mol. The van der Waals surface area contributed by atoms with Crippen LogP contribution in [0.5, 0.6) is 0 Å². The second-order valence-electron chi connectivity index (χ2n) is 7.73. The first kappa shape index (κ1) is 21.4. The number of hydrogen-bond acceptors (Lipinski definition) is 4. The molecule has 27 heavy (non-hydrogen) atoms. The van der Waals surface area contributed by atoms with E-state index >= 15 is 0 Å². The van der Waals surface area contributed by atoms with Crippen molar-refractivity contribution < 1.29 is 14.3 Å². The highest BCUT2D eigenvalue weighted by atomic mass is 16.5. The molecule has 2 rings (SSSR count). The quantitative estimate of drug-likeness (QED) is 0.370. The lowest BCUT2D eigenvalue weighted by atomic mass is 9.71. The van der Waals surface area contributed by atoms with Gasteiger partial charge in [-0.15, -0.1) is 0 Å². The molecule has 0 aliphatic heterocycles. The Morgan fingerprint density at radius 2 is 2.07 bits per heavy atom. The molecule has 1 unspecified atom stereocenters. The van der Waals surface area contributed by atoms with Gasteiger partial charge >= 0.3 is 0 Å². The zero-order valence-electron chi connectivity index (χ0n) is 17.0. The van der Waals surface area contributed by atoms with Crippen LogP contribution in [0.1, 0.15) is 59.3 Å². The van der Waals surface area contributed by atoms with E-state index in [9.17, 15) is 9.59 Å². The van der Waals surface area contributed by atoms with E-state index in [2.05, 4.69) is 26.5 Å². The van der Waals surface area contributed by atoms with Gasteiger partial charge in [0.15, 0.2) is 11.5 Å². The molecule has 4 nitrogen and oxygen atoms in total. The van der Waals surface area contributed by atoms with Gasteiger partial charge < -0.3 is 10.5 Å². The lowest BCUT2D eigenvalue weighted by molar-refractivity contribution is -0.119. The molecule has 4 heteroatoms. The van der Waals surface area contributed by atoms with Gasteiger partial charge in [0.1, 0.15) is 6.61 Å². The molecule has 0 aromatic carbocycles. The van der Waals surface area contributed by atoms with Crippen LogP contribution in [0.2, 0.25) is 0 Å². The molecule has 0 saturated heterocycles. The largest absolute Gasteiger partial charge is 0.488 e. The van der Waals surface area contributed by atoms with Crippen LogP contribution >= 0.6 is 0 Å². The number of unbranched alkanes of at least 4 members (excludes halogenated alkanes) is 2. The fourth-order valence-electron chi connectivity index (χ4n) is 3.96. The van der Waals surface area contributed by atoms with Crippen LogP contribution < -0.4 is 5.73 Å².